The van der Waals surface area contributed by atoms with Gasteiger partial charge in [0, 0.05) is 30.1 Å². The van der Waals surface area contributed by atoms with E-state index in [1.807, 2.05) is 31.2 Å². The third-order valence-electron chi connectivity index (χ3n) is 4.16. The van der Waals surface area contributed by atoms with Gasteiger partial charge in [-0.3, -0.25) is 19.7 Å². The van der Waals surface area contributed by atoms with E-state index in [2.05, 4.69) is 5.32 Å². The quantitative estimate of drug-likeness (QED) is 0.555. The Hall–Kier alpha value is -3.74. The van der Waals surface area contributed by atoms with Crippen LogP contribution < -0.4 is 10.9 Å². The molecule has 7 nitrogen and oxygen atoms in total. The first-order chi connectivity index (χ1) is 12.9. The fraction of sp³-hybridized carbons (Fsp3) is 0.100. The van der Waals surface area contributed by atoms with Gasteiger partial charge in [-0.05, 0) is 30.2 Å². The van der Waals surface area contributed by atoms with Crippen molar-refractivity contribution in [2.45, 2.75) is 13.5 Å². The van der Waals surface area contributed by atoms with Crippen LogP contribution in [0.2, 0.25) is 0 Å². The van der Waals surface area contributed by atoms with Crippen LogP contribution in [0.15, 0.2) is 71.7 Å². The summed E-state index contributed by atoms with van der Waals surface area (Å²) in [6, 6.07) is 16.2. The fourth-order valence-corrected chi connectivity index (χ4v) is 2.66. The maximum absolute atomic E-state index is 12.5. The van der Waals surface area contributed by atoms with E-state index in [0.29, 0.717) is 12.2 Å². The number of aromatic nitrogens is 1. The molecule has 0 aliphatic rings. The number of pyridine rings is 1. The number of benzene rings is 2. The lowest BCUT2D eigenvalue weighted by atomic mass is 10.1. The number of non-ortho nitro benzene ring substituents is 1. The number of nitro benzene ring substituents is 1. The molecule has 1 heterocycles. The highest BCUT2D eigenvalue weighted by Crippen LogP contribution is 2.18. The van der Waals surface area contributed by atoms with Gasteiger partial charge < -0.3 is 9.88 Å². The molecule has 136 valence electrons. The second kappa shape index (κ2) is 7.65. The van der Waals surface area contributed by atoms with Crippen LogP contribution in [0, 0.1) is 17.0 Å². The van der Waals surface area contributed by atoms with E-state index in [-0.39, 0.29) is 16.8 Å². The van der Waals surface area contributed by atoms with Crippen LogP contribution in [-0.2, 0) is 6.54 Å². The fourth-order valence-electron chi connectivity index (χ4n) is 2.66. The summed E-state index contributed by atoms with van der Waals surface area (Å²) in [6.07, 6.45) is 1.49. The Labute approximate surface area is 155 Å². The highest BCUT2D eigenvalue weighted by molar-refractivity contribution is 6.04. The molecule has 0 atom stereocenters. The lowest BCUT2D eigenvalue weighted by Crippen LogP contribution is -2.22. The second-order valence-electron chi connectivity index (χ2n) is 6.07. The van der Waals surface area contributed by atoms with Gasteiger partial charge in [-0.15, -0.1) is 0 Å². The maximum atomic E-state index is 12.5. The van der Waals surface area contributed by atoms with Crippen molar-refractivity contribution in [3.63, 3.8) is 0 Å². The van der Waals surface area contributed by atoms with Crippen molar-refractivity contribution in [2.24, 2.45) is 0 Å². The molecular formula is C20H17N3O4. The number of carbonyl (C=O) groups is 1. The molecule has 0 aliphatic heterocycles. The summed E-state index contributed by atoms with van der Waals surface area (Å²) in [7, 11) is 0. The third kappa shape index (κ3) is 4.27. The van der Waals surface area contributed by atoms with Gasteiger partial charge in [0.15, 0.2) is 0 Å². The van der Waals surface area contributed by atoms with Crippen LogP contribution in [0.4, 0.5) is 11.4 Å². The van der Waals surface area contributed by atoms with Gasteiger partial charge in [-0.25, -0.2) is 0 Å². The summed E-state index contributed by atoms with van der Waals surface area (Å²) in [6.45, 7) is 2.31. The van der Waals surface area contributed by atoms with Crippen molar-refractivity contribution < 1.29 is 9.72 Å². The molecule has 0 aliphatic carbocycles. The number of hydrogen-bond donors (Lipinski definition) is 1. The summed E-state index contributed by atoms with van der Waals surface area (Å²) in [4.78, 5) is 34.9. The SMILES string of the molecule is Cc1ccccc1Cn1cc(C(=O)Nc2cccc([N+](=O)[O-])c2)ccc1=O. The molecule has 3 rings (SSSR count). The minimum absolute atomic E-state index is 0.114. The van der Waals surface area contributed by atoms with Crippen LogP contribution in [-0.4, -0.2) is 15.4 Å². The summed E-state index contributed by atoms with van der Waals surface area (Å²) in [5.74, 6) is -0.450. The second-order valence-corrected chi connectivity index (χ2v) is 6.07. The van der Waals surface area contributed by atoms with Crippen molar-refractivity contribution >= 4 is 17.3 Å². The standard InChI is InChI=1S/C20H17N3O4/c1-14-5-2-3-6-15(14)12-22-13-16(9-10-19(22)24)20(25)21-17-7-4-8-18(11-17)23(26)27/h2-11,13H,12H2,1H3,(H,21,25). The van der Waals surface area contributed by atoms with Crippen LogP contribution in [0.5, 0.6) is 0 Å². The van der Waals surface area contributed by atoms with Gasteiger partial charge in [0.2, 0.25) is 0 Å². The van der Waals surface area contributed by atoms with Crippen molar-refractivity contribution in [1.82, 2.24) is 4.57 Å². The van der Waals surface area contributed by atoms with Crippen molar-refractivity contribution in [3.05, 3.63) is 104 Å². The molecule has 1 N–H and O–H groups in total. The van der Waals surface area contributed by atoms with E-state index in [1.54, 1.807) is 6.07 Å². The minimum atomic E-state index is -0.530. The average molecular weight is 363 g/mol. The number of rotatable bonds is 5. The number of amides is 1. The van der Waals surface area contributed by atoms with Gasteiger partial charge in [-0.1, -0.05) is 30.3 Å². The first-order valence-electron chi connectivity index (χ1n) is 8.25. The summed E-state index contributed by atoms with van der Waals surface area (Å²) in [5.41, 5.74) is 2.30. The van der Waals surface area contributed by atoms with E-state index < -0.39 is 10.8 Å². The largest absolute Gasteiger partial charge is 0.322 e. The first kappa shape index (κ1) is 18.1. The number of nitrogens with one attached hydrogen (secondary N) is 1. The molecule has 0 radical (unpaired) electrons. The number of hydrogen-bond acceptors (Lipinski definition) is 4. The van der Waals surface area contributed by atoms with E-state index in [1.165, 1.54) is 41.1 Å². The normalized spacial score (nSPS) is 10.4. The molecule has 1 aromatic heterocycles. The molecule has 0 bridgehead atoms. The van der Waals surface area contributed by atoms with Gasteiger partial charge in [0.05, 0.1) is 17.0 Å². The van der Waals surface area contributed by atoms with Crippen LogP contribution >= 0.6 is 0 Å². The third-order valence-corrected chi connectivity index (χ3v) is 4.16. The maximum Gasteiger partial charge on any atom is 0.271 e. The molecule has 3 aromatic rings. The Kier molecular flexibility index (Phi) is 5.12. The smallest absolute Gasteiger partial charge is 0.271 e. The molecule has 0 spiro atoms. The molecule has 0 saturated heterocycles. The molecular weight excluding hydrogens is 346 g/mol. The van der Waals surface area contributed by atoms with Crippen LogP contribution in [0.1, 0.15) is 21.5 Å². The predicted octanol–water partition coefficient (Wildman–Crippen LogP) is 3.37. The molecule has 0 unspecified atom stereocenters. The number of nitro groups is 1. The molecule has 7 heteroatoms. The highest BCUT2D eigenvalue weighted by Gasteiger charge is 2.11. The van der Waals surface area contributed by atoms with Crippen molar-refractivity contribution in [2.75, 3.05) is 5.32 Å². The van der Waals surface area contributed by atoms with Crippen LogP contribution in [0.25, 0.3) is 0 Å². The topological polar surface area (TPSA) is 94.2 Å². The lowest BCUT2D eigenvalue weighted by Gasteiger charge is -2.11. The van der Waals surface area contributed by atoms with Gasteiger partial charge in [0.25, 0.3) is 17.2 Å². The molecule has 27 heavy (non-hydrogen) atoms. The monoisotopic (exact) mass is 363 g/mol. The number of nitrogens with zero attached hydrogens (tertiary/aromatic N) is 2. The zero-order chi connectivity index (χ0) is 19.4. The Bertz CT molecular complexity index is 1070. The molecule has 2 aromatic carbocycles. The van der Waals surface area contributed by atoms with E-state index in [0.717, 1.165) is 11.1 Å². The van der Waals surface area contributed by atoms with Crippen molar-refractivity contribution in [3.8, 4) is 0 Å². The Morgan fingerprint density at radius 1 is 1.11 bits per heavy atom. The zero-order valence-corrected chi connectivity index (χ0v) is 14.6. The number of anilines is 1. The van der Waals surface area contributed by atoms with Crippen molar-refractivity contribution in [1.29, 1.82) is 0 Å². The number of carbonyl (C=O) groups excluding carboxylic acids is 1. The minimum Gasteiger partial charge on any atom is -0.322 e. The molecule has 0 fully saturated rings. The van der Waals surface area contributed by atoms with Crippen LogP contribution in [0.3, 0.4) is 0 Å². The van der Waals surface area contributed by atoms with E-state index in [9.17, 15) is 19.7 Å². The summed E-state index contributed by atoms with van der Waals surface area (Å²) in [5, 5.41) is 13.5. The summed E-state index contributed by atoms with van der Waals surface area (Å²) >= 11 is 0. The Morgan fingerprint density at radius 3 is 2.63 bits per heavy atom. The molecule has 0 saturated carbocycles. The average Bonchev–Trinajstić information content (AvgIpc) is 2.65. The first-order valence-corrected chi connectivity index (χ1v) is 8.25. The zero-order valence-electron chi connectivity index (χ0n) is 14.6. The predicted molar refractivity (Wildman–Crippen MR) is 102 cm³/mol. The lowest BCUT2D eigenvalue weighted by molar-refractivity contribution is -0.384. The Morgan fingerprint density at radius 2 is 1.89 bits per heavy atom. The highest BCUT2D eigenvalue weighted by atomic mass is 16.6. The van der Waals surface area contributed by atoms with E-state index in [4.69, 9.17) is 0 Å². The van der Waals surface area contributed by atoms with E-state index >= 15 is 0 Å². The summed E-state index contributed by atoms with van der Waals surface area (Å²) < 4.78 is 1.46. The Balaban J connectivity index is 1.84. The molecule has 1 amide bonds. The van der Waals surface area contributed by atoms with Gasteiger partial charge in [0.1, 0.15) is 0 Å². The van der Waals surface area contributed by atoms with Gasteiger partial charge in [-0.2, -0.15) is 0 Å². The number of aryl methyl sites for hydroxylation is 1. The van der Waals surface area contributed by atoms with Gasteiger partial charge >= 0.3 is 0 Å².